The van der Waals surface area contributed by atoms with E-state index in [0.29, 0.717) is 45.5 Å². The molecule has 4 unspecified atom stereocenters. The van der Waals surface area contributed by atoms with E-state index in [1.54, 1.807) is 24.3 Å². The van der Waals surface area contributed by atoms with Gasteiger partial charge in [0.2, 0.25) is 10.0 Å². The molecular weight excluding hydrogens is 512 g/mol. The number of morpholine rings is 1. The van der Waals surface area contributed by atoms with E-state index in [4.69, 9.17) is 19.3 Å². The van der Waals surface area contributed by atoms with Crippen LogP contribution in [0.25, 0.3) is 0 Å². The molecule has 0 bridgehead atoms. The summed E-state index contributed by atoms with van der Waals surface area (Å²) in [6.07, 6.45) is 6.27. The predicted molar refractivity (Wildman–Crippen MR) is 141 cm³/mol. The lowest BCUT2D eigenvalue weighted by molar-refractivity contribution is -0.150. The molecule has 1 N–H and O–H groups in total. The third-order valence-electron chi connectivity index (χ3n) is 7.05. The number of esters is 1. The number of sulfonamides is 1. The predicted octanol–water partition coefficient (Wildman–Crippen LogP) is 2.68. The maximum absolute atomic E-state index is 12.4. The Kier molecular flexibility index (Phi) is 11.3. The lowest BCUT2D eigenvalue weighted by atomic mass is 9.94. The highest BCUT2D eigenvalue weighted by molar-refractivity contribution is 7.89. The van der Waals surface area contributed by atoms with Crippen molar-refractivity contribution in [2.45, 2.75) is 68.8 Å². The molecule has 2 fully saturated rings. The Hall–Kier alpha value is -2.31. The summed E-state index contributed by atoms with van der Waals surface area (Å²) in [6, 6.07) is 6.65. The summed E-state index contributed by atoms with van der Waals surface area (Å²) in [5.74, 6) is -1.07. The zero-order chi connectivity index (χ0) is 27.7. The van der Waals surface area contributed by atoms with Gasteiger partial charge < -0.3 is 19.3 Å². The van der Waals surface area contributed by atoms with Crippen molar-refractivity contribution in [2.75, 3.05) is 40.4 Å². The van der Waals surface area contributed by atoms with Crippen molar-refractivity contribution in [3.8, 4) is 0 Å². The van der Waals surface area contributed by atoms with Crippen molar-refractivity contribution in [3.63, 3.8) is 0 Å². The van der Waals surface area contributed by atoms with E-state index >= 15 is 0 Å². The standard InChI is InChI=1S/C27H40N2O8S/c1-20(30)37-25-18-24(36-19-21-10-12-22(13-11-21)38(33,34)28(2)3)23(8-6-4-5-7-9-26(31)32)27(25)29-14-16-35-17-15-29/h4,6,10-13,23-25,27H,5,7-9,14-19H2,1-3H3,(H,31,32). The number of carbonyl (C=O) groups is 2. The summed E-state index contributed by atoms with van der Waals surface area (Å²) < 4.78 is 43.6. The van der Waals surface area contributed by atoms with Crippen LogP contribution >= 0.6 is 0 Å². The Bertz CT molecular complexity index is 1050. The molecule has 1 aromatic carbocycles. The van der Waals surface area contributed by atoms with E-state index in [9.17, 15) is 18.0 Å². The lowest BCUT2D eigenvalue weighted by Gasteiger charge is -2.38. The maximum atomic E-state index is 12.4. The second-order valence-corrected chi connectivity index (χ2v) is 12.1. The molecule has 1 saturated heterocycles. The number of unbranched alkanes of at least 4 members (excludes halogenated alkanes) is 1. The van der Waals surface area contributed by atoms with Crippen molar-refractivity contribution in [1.82, 2.24) is 9.21 Å². The van der Waals surface area contributed by atoms with Crippen molar-refractivity contribution in [1.29, 1.82) is 0 Å². The molecule has 10 nitrogen and oxygen atoms in total. The number of carboxylic acids is 1. The molecule has 1 aromatic rings. The van der Waals surface area contributed by atoms with Crippen LogP contribution in [0, 0.1) is 5.92 Å². The van der Waals surface area contributed by atoms with E-state index in [2.05, 4.69) is 11.0 Å². The highest BCUT2D eigenvalue weighted by Gasteiger charge is 2.48. The summed E-state index contributed by atoms with van der Waals surface area (Å²) in [4.78, 5) is 25.3. The summed E-state index contributed by atoms with van der Waals surface area (Å²) in [6.45, 7) is 4.45. The first-order valence-electron chi connectivity index (χ1n) is 13.1. The minimum absolute atomic E-state index is 0.0240. The number of carbonyl (C=O) groups excluding carboxylic acids is 1. The first-order chi connectivity index (χ1) is 18.1. The fraction of sp³-hybridized carbons (Fsp3) is 0.630. The number of aliphatic carboxylic acids is 1. The van der Waals surface area contributed by atoms with Gasteiger partial charge >= 0.3 is 11.9 Å². The molecule has 11 heteroatoms. The first-order valence-corrected chi connectivity index (χ1v) is 14.5. The van der Waals surface area contributed by atoms with Crippen LogP contribution in [-0.4, -0.2) is 93.3 Å². The third-order valence-corrected chi connectivity index (χ3v) is 8.88. The molecule has 0 aromatic heterocycles. The van der Waals surface area contributed by atoms with Gasteiger partial charge in [-0.05, 0) is 37.0 Å². The van der Waals surface area contributed by atoms with Gasteiger partial charge in [-0.1, -0.05) is 24.3 Å². The Balaban J connectivity index is 1.74. The fourth-order valence-electron chi connectivity index (χ4n) is 5.15. The Morgan fingerprint density at radius 1 is 1.13 bits per heavy atom. The van der Waals surface area contributed by atoms with Crippen LogP contribution in [0.2, 0.25) is 0 Å². The van der Waals surface area contributed by atoms with E-state index in [1.165, 1.54) is 25.3 Å². The summed E-state index contributed by atoms with van der Waals surface area (Å²) in [7, 11) is -0.510. The molecule has 38 heavy (non-hydrogen) atoms. The number of rotatable bonds is 13. The Morgan fingerprint density at radius 3 is 2.42 bits per heavy atom. The molecular formula is C27H40N2O8S. The highest BCUT2D eigenvalue weighted by atomic mass is 32.2. The first kappa shape index (κ1) is 30.2. The SMILES string of the molecule is CC(=O)OC1CC(OCc2ccc(S(=O)(=O)N(C)C)cc2)C(CC=CCCCC(=O)O)C1N1CCOCC1. The Morgan fingerprint density at radius 2 is 1.82 bits per heavy atom. The molecule has 4 atom stereocenters. The van der Waals surface area contributed by atoms with Gasteiger partial charge in [0.05, 0.1) is 36.9 Å². The van der Waals surface area contributed by atoms with Gasteiger partial charge in [0.25, 0.3) is 0 Å². The van der Waals surface area contributed by atoms with Crippen LogP contribution in [0.3, 0.4) is 0 Å². The van der Waals surface area contributed by atoms with Gasteiger partial charge in [-0.15, -0.1) is 0 Å². The van der Waals surface area contributed by atoms with Gasteiger partial charge in [-0.3, -0.25) is 14.5 Å². The number of nitrogens with zero attached hydrogens (tertiary/aromatic N) is 2. The van der Waals surface area contributed by atoms with Gasteiger partial charge in [0, 0.05) is 52.9 Å². The second-order valence-electron chi connectivity index (χ2n) is 9.96. The average Bonchev–Trinajstić information content (AvgIpc) is 3.21. The van der Waals surface area contributed by atoms with Crippen LogP contribution in [0.1, 0.15) is 44.6 Å². The molecule has 0 radical (unpaired) electrons. The highest BCUT2D eigenvalue weighted by Crippen LogP contribution is 2.38. The van der Waals surface area contributed by atoms with E-state index in [-0.39, 0.29) is 41.5 Å². The van der Waals surface area contributed by atoms with Crippen LogP contribution in [0.4, 0.5) is 0 Å². The quantitative estimate of drug-likeness (QED) is 0.224. The summed E-state index contributed by atoms with van der Waals surface area (Å²) in [5, 5.41) is 8.86. The third kappa shape index (κ3) is 8.34. The van der Waals surface area contributed by atoms with E-state index in [1.807, 2.05) is 6.08 Å². The number of hydrogen-bond acceptors (Lipinski definition) is 8. The van der Waals surface area contributed by atoms with Gasteiger partial charge in [-0.2, -0.15) is 0 Å². The largest absolute Gasteiger partial charge is 0.481 e. The Labute approximate surface area is 225 Å². The smallest absolute Gasteiger partial charge is 0.303 e. The molecule has 1 aliphatic heterocycles. The minimum atomic E-state index is -3.51. The molecule has 3 rings (SSSR count). The zero-order valence-electron chi connectivity index (χ0n) is 22.5. The number of carboxylic acid groups (broad SMARTS) is 1. The zero-order valence-corrected chi connectivity index (χ0v) is 23.3. The maximum Gasteiger partial charge on any atom is 0.303 e. The van der Waals surface area contributed by atoms with Crippen LogP contribution in [-0.2, 0) is 40.4 Å². The van der Waals surface area contributed by atoms with Crippen molar-refractivity contribution in [2.24, 2.45) is 5.92 Å². The van der Waals surface area contributed by atoms with Crippen molar-refractivity contribution in [3.05, 3.63) is 42.0 Å². The van der Waals surface area contributed by atoms with Crippen molar-refractivity contribution >= 4 is 22.0 Å². The number of hydrogen-bond donors (Lipinski definition) is 1. The second kappa shape index (κ2) is 14.2. The van der Waals surface area contributed by atoms with Crippen LogP contribution in [0.15, 0.2) is 41.3 Å². The molecule has 1 heterocycles. The molecule has 212 valence electrons. The molecule has 0 amide bonds. The summed E-state index contributed by atoms with van der Waals surface area (Å²) in [5.41, 5.74) is 0.851. The summed E-state index contributed by atoms with van der Waals surface area (Å²) >= 11 is 0. The van der Waals surface area contributed by atoms with E-state index in [0.717, 1.165) is 18.7 Å². The average molecular weight is 553 g/mol. The number of benzene rings is 1. The van der Waals surface area contributed by atoms with Gasteiger partial charge in [0.15, 0.2) is 0 Å². The van der Waals surface area contributed by atoms with Gasteiger partial charge in [-0.25, -0.2) is 12.7 Å². The number of ether oxygens (including phenoxy) is 3. The molecule has 2 aliphatic rings. The number of allylic oxidation sites excluding steroid dienone is 2. The van der Waals surface area contributed by atoms with Crippen molar-refractivity contribution < 1.29 is 37.3 Å². The van der Waals surface area contributed by atoms with E-state index < -0.39 is 16.0 Å². The normalized spacial score (nSPS) is 24.7. The minimum Gasteiger partial charge on any atom is -0.481 e. The van der Waals surface area contributed by atoms with Gasteiger partial charge in [0.1, 0.15) is 6.10 Å². The molecule has 0 spiro atoms. The van der Waals surface area contributed by atoms with Crippen LogP contribution < -0.4 is 0 Å². The lowest BCUT2D eigenvalue weighted by Crippen LogP contribution is -2.51. The topological polar surface area (TPSA) is 123 Å². The van der Waals surface area contributed by atoms with Crippen LogP contribution in [0.5, 0.6) is 0 Å². The monoisotopic (exact) mass is 552 g/mol. The molecule has 1 aliphatic carbocycles. The molecule has 1 saturated carbocycles. The fourth-order valence-corrected chi connectivity index (χ4v) is 6.05.